The van der Waals surface area contributed by atoms with Crippen LogP contribution in [-0.4, -0.2) is 97.2 Å². The van der Waals surface area contributed by atoms with Gasteiger partial charge in [-0.15, -0.1) is 0 Å². The molecule has 0 spiro atoms. The number of carbonyl (C=O) groups is 5. The van der Waals surface area contributed by atoms with Crippen LogP contribution in [0.2, 0.25) is 0 Å². The van der Waals surface area contributed by atoms with Crippen LogP contribution >= 0.6 is 0 Å². The minimum atomic E-state index is -2.85. The Bertz CT molecular complexity index is 1160. The molecule has 11 nitrogen and oxygen atoms in total. The molecular weight excluding hydrogens is 458 g/mol. The summed E-state index contributed by atoms with van der Waals surface area (Å²) in [5.74, 6) is -11.4. The number of hydrogen-bond acceptors (Lipinski definition) is 10. The number of benzene rings is 1. The summed E-state index contributed by atoms with van der Waals surface area (Å²) in [6.45, 7) is 0. The van der Waals surface area contributed by atoms with Crippen molar-refractivity contribution in [2.24, 2.45) is 29.4 Å². The molecule has 3 aliphatic carbocycles. The first-order chi connectivity index (χ1) is 16.3. The fraction of sp³-hybridized carbons (Fsp3) is 0.542. The number of phenolic OH excluding ortho intramolecular Hbond substituents is 1. The van der Waals surface area contributed by atoms with Crippen molar-refractivity contribution in [3.8, 4) is 5.75 Å². The van der Waals surface area contributed by atoms with E-state index in [4.69, 9.17) is 10.5 Å². The fourth-order valence-electron chi connectivity index (χ4n) is 6.31. The SMILES string of the molecule is CO[C@@H]1[C@H]2[C@H](N(C)C)C(=O)C(C(N)=O)C(=O)[C@@]2(O)C(=O)C2C(=O)c3c(O)ccc(N(C)C)c3C[C@H]21. The van der Waals surface area contributed by atoms with E-state index >= 15 is 0 Å². The number of nitrogens with two attached hydrogens (primary N) is 1. The van der Waals surface area contributed by atoms with Crippen LogP contribution in [0, 0.1) is 23.7 Å². The molecule has 2 fully saturated rings. The highest BCUT2D eigenvalue weighted by Crippen LogP contribution is 2.52. The molecule has 0 heterocycles. The van der Waals surface area contributed by atoms with Crippen molar-refractivity contribution in [3.63, 3.8) is 0 Å². The van der Waals surface area contributed by atoms with Crippen molar-refractivity contribution >= 4 is 34.7 Å². The quantitative estimate of drug-likeness (QED) is 0.428. The molecule has 188 valence electrons. The first kappa shape index (κ1) is 25.0. The Morgan fingerprint density at radius 1 is 1.11 bits per heavy atom. The molecule has 7 atom stereocenters. The predicted molar refractivity (Wildman–Crippen MR) is 122 cm³/mol. The third-order valence-corrected chi connectivity index (χ3v) is 7.73. The van der Waals surface area contributed by atoms with Gasteiger partial charge in [0.2, 0.25) is 5.91 Å². The highest BCUT2D eigenvalue weighted by Gasteiger charge is 2.72. The molecule has 3 aliphatic rings. The van der Waals surface area contributed by atoms with Crippen LogP contribution in [0.4, 0.5) is 5.69 Å². The number of nitrogens with zero attached hydrogens (tertiary/aromatic N) is 2. The maximum atomic E-state index is 13.9. The van der Waals surface area contributed by atoms with Crippen molar-refractivity contribution in [1.29, 1.82) is 0 Å². The van der Waals surface area contributed by atoms with Crippen LogP contribution in [0.1, 0.15) is 15.9 Å². The van der Waals surface area contributed by atoms with Gasteiger partial charge in [0.05, 0.1) is 29.5 Å². The molecule has 0 aromatic heterocycles. The number of fused-ring (bicyclic) bond motifs is 3. The van der Waals surface area contributed by atoms with Gasteiger partial charge in [0.15, 0.2) is 34.7 Å². The van der Waals surface area contributed by atoms with Gasteiger partial charge in [-0.1, -0.05) is 0 Å². The number of aromatic hydroxyl groups is 1. The molecule has 4 N–H and O–H groups in total. The summed E-state index contributed by atoms with van der Waals surface area (Å²) in [6, 6.07) is 1.75. The molecule has 35 heavy (non-hydrogen) atoms. The topological polar surface area (TPSA) is 168 Å². The van der Waals surface area contributed by atoms with Crippen molar-refractivity contribution in [2.45, 2.75) is 24.2 Å². The average molecular weight is 488 g/mol. The summed E-state index contributed by atoms with van der Waals surface area (Å²) in [6.07, 6.45) is -0.960. The lowest BCUT2D eigenvalue weighted by Gasteiger charge is -2.55. The van der Waals surface area contributed by atoms with Gasteiger partial charge in [0, 0.05) is 32.8 Å². The number of phenols is 1. The largest absolute Gasteiger partial charge is 0.507 e. The van der Waals surface area contributed by atoms with E-state index in [-0.39, 0.29) is 17.7 Å². The van der Waals surface area contributed by atoms with E-state index in [1.807, 2.05) is 0 Å². The summed E-state index contributed by atoms with van der Waals surface area (Å²) in [7, 11) is 7.89. The molecular formula is C24H29N3O8. The minimum Gasteiger partial charge on any atom is -0.507 e. The molecule has 1 amide bonds. The van der Waals surface area contributed by atoms with Gasteiger partial charge < -0.3 is 25.6 Å². The first-order valence-electron chi connectivity index (χ1n) is 11.2. The second kappa shape index (κ2) is 8.21. The van der Waals surface area contributed by atoms with Crippen LogP contribution in [-0.2, 0) is 30.3 Å². The van der Waals surface area contributed by atoms with Crippen LogP contribution < -0.4 is 10.6 Å². The summed E-state index contributed by atoms with van der Waals surface area (Å²) >= 11 is 0. The van der Waals surface area contributed by atoms with Gasteiger partial charge >= 0.3 is 0 Å². The Hall–Kier alpha value is -3.15. The van der Waals surface area contributed by atoms with Gasteiger partial charge in [-0.3, -0.25) is 28.9 Å². The van der Waals surface area contributed by atoms with E-state index in [1.165, 1.54) is 32.2 Å². The third kappa shape index (κ3) is 3.18. The van der Waals surface area contributed by atoms with Crippen LogP contribution in [0.5, 0.6) is 5.75 Å². The molecule has 11 heteroatoms. The molecule has 0 aliphatic heterocycles. The van der Waals surface area contributed by atoms with E-state index in [2.05, 4.69) is 0 Å². The van der Waals surface area contributed by atoms with Crippen molar-refractivity contribution in [2.75, 3.05) is 40.2 Å². The number of rotatable bonds is 4. The van der Waals surface area contributed by atoms with Gasteiger partial charge in [-0.25, -0.2) is 0 Å². The van der Waals surface area contributed by atoms with E-state index in [9.17, 15) is 34.2 Å². The zero-order chi connectivity index (χ0) is 26.1. The summed E-state index contributed by atoms with van der Waals surface area (Å²) in [5, 5.41) is 22.2. The average Bonchev–Trinajstić information content (AvgIpc) is 2.75. The number of anilines is 1. The highest BCUT2D eigenvalue weighted by atomic mass is 16.5. The van der Waals surface area contributed by atoms with E-state index in [1.54, 1.807) is 25.1 Å². The van der Waals surface area contributed by atoms with Crippen molar-refractivity contribution in [1.82, 2.24) is 4.90 Å². The van der Waals surface area contributed by atoms with E-state index in [0.29, 0.717) is 11.3 Å². The van der Waals surface area contributed by atoms with Gasteiger partial charge in [-0.2, -0.15) is 0 Å². The number of ether oxygens (including phenoxy) is 1. The van der Waals surface area contributed by atoms with Crippen molar-refractivity contribution in [3.05, 3.63) is 23.3 Å². The number of likely N-dealkylation sites (N-methyl/N-ethyl adjacent to an activating group) is 1. The Morgan fingerprint density at radius 3 is 2.26 bits per heavy atom. The number of aliphatic hydroxyl groups is 1. The normalized spacial score (nSPS) is 34.4. The lowest BCUT2D eigenvalue weighted by atomic mass is 9.51. The number of hydrogen-bond donors (Lipinski definition) is 3. The maximum Gasteiger partial charge on any atom is 0.235 e. The number of carbonyl (C=O) groups excluding carboxylic acids is 5. The van der Waals surface area contributed by atoms with Crippen molar-refractivity contribution < 1.29 is 38.9 Å². The van der Waals surface area contributed by atoms with Crippen LogP contribution in [0.3, 0.4) is 0 Å². The zero-order valence-electron chi connectivity index (χ0n) is 20.1. The predicted octanol–water partition coefficient (Wildman–Crippen LogP) is -1.44. The second-order valence-corrected chi connectivity index (χ2v) is 9.93. The second-order valence-electron chi connectivity index (χ2n) is 9.93. The number of amides is 1. The summed E-state index contributed by atoms with van der Waals surface area (Å²) in [4.78, 5) is 69.4. The molecule has 1 aromatic carbocycles. The molecule has 1 aromatic rings. The third-order valence-electron chi connectivity index (χ3n) is 7.73. The Labute approximate surface area is 201 Å². The standard InChI is InChI=1S/C24H29N3O8/c1-26(2)11-6-7-12(28)13-9(11)8-10-14(18(13)29)21(31)24(34)16(20(10)35-5)17(27(3)4)19(30)15(22(24)32)23(25)33/h6-7,10,14-17,20,28,34H,8H2,1-5H3,(H2,25,33)/t10-,14?,15?,16-,17+,20+,24+/m1/s1. The maximum absolute atomic E-state index is 13.9. The van der Waals surface area contributed by atoms with Gasteiger partial charge in [-0.05, 0) is 38.2 Å². The molecule has 2 saturated carbocycles. The lowest BCUT2D eigenvalue weighted by Crippen LogP contribution is -2.77. The molecule has 2 unspecified atom stereocenters. The molecule has 0 bridgehead atoms. The number of ketones is 4. The Balaban J connectivity index is 1.97. The lowest BCUT2D eigenvalue weighted by molar-refractivity contribution is -0.198. The van der Waals surface area contributed by atoms with Crippen LogP contribution in [0.25, 0.3) is 0 Å². The Kier molecular flexibility index (Phi) is 5.86. The van der Waals surface area contributed by atoms with E-state index < -0.39 is 70.5 Å². The number of primary amides is 1. The van der Waals surface area contributed by atoms with E-state index in [0.717, 1.165) is 0 Å². The fourth-order valence-corrected chi connectivity index (χ4v) is 6.31. The minimum absolute atomic E-state index is 0.0577. The molecule has 4 rings (SSSR count). The molecule has 0 radical (unpaired) electrons. The van der Waals surface area contributed by atoms with Gasteiger partial charge in [0.25, 0.3) is 0 Å². The Morgan fingerprint density at radius 2 is 1.74 bits per heavy atom. The molecule has 0 saturated heterocycles. The summed E-state index contributed by atoms with van der Waals surface area (Å²) < 4.78 is 5.72. The van der Waals surface area contributed by atoms with Gasteiger partial charge in [0.1, 0.15) is 5.75 Å². The first-order valence-corrected chi connectivity index (χ1v) is 11.2. The smallest absolute Gasteiger partial charge is 0.235 e. The monoisotopic (exact) mass is 487 g/mol. The van der Waals surface area contributed by atoms with Crippen LogP contribution in [0.15, 0.2) is 12.1 Å². The summed E-state index contributed by atoms with van der Waals surface area (Å²) in [5.41, 5.74) is 3.58. The number of Topliss-reactive ketones (excluding diaryl/α,β-unsaturated/α-hetero) is 4. The highest BCUT2D eigenvalue weighted by molar-refractivity contribution is 6.32. The zero-order valence-corrected chi connectivity index (χ0v) is 20.1. The number of methoxy groups -OCH3 is 1.